The molecule has 1 amide bonds. The summed E-state index contributed by atoms with van der Waals surface area (Å²) < 4.78 is 0. The van der Waals surface area contributed by atoms with Crippen LogP contribution in [-0.4, -0.2) is 24.9 Å². The number of carbonyl (C=O) groups is 1. The molecule has 1 rings (SSSR count). The topological polar surface area (TPSA) is 20.3 Å². The first-order chi connectivity index (χ1) is 7.20. The maximum atomic E-state index is 11.2. The molecule has 0 aliphatic carbocycles. The molecular weight excluding hydrogens is 206 g/mol. The fourth-order valence-electron chi connectivity index (χ4n) is 0.974. The highest BCUT2D eigenvalue weighted by atomic mass is 32.2. The molecule has 15 heavy (non-hydrogen) atoms. The third-order valence-electron chi connectivity index (χ3n) is 1.84. The van der Waals surface area contributed by atoms with E-state index in [9.17, 15) is 4.79 Å². The SMILES string of the molecule is CN(C)C(=O)C=CSCc1ccccc1. The highest BCUT2D eigenvalue weighted by molar-refractivity contribution is 8.01. The Morgan fingerprint density at radius 3 is 2.60 bits per heavy atom. The Labute approximate surface area is 95.0 Å². The van der Waals surface area contributed by atoms with Gasteiger partial charge in [-0.3, -0.25) is 4.79 Å². The van der Waals surface area contributed by atoms with Gasteiger partial charge in [-0.1, -0.05) is 30.3 Å². The highest BCUT2D eigenvalue weighted by Crippen LogP contribution is 2.12. The molecule has 0 atom stereocenters. The first-order valence-electron chi connectivity index (χ1n) is 4.73. The van der Waals surface area contributed by atoms with Crippen molar-refractivity contribution in [2.75, 3.05) is 14.1 Å². The number of benzene rings is 1. The molecule has 0 aliphatic rings. The zero-order valence-electron chi connectivity index (χ0n) is 9.01. The summed E-state index contributed by atoms with van der Waals surface area (Å²) in [6.07, 6.45) is 1.59. The Hall–Kier alpha value is -1.22. The van der Waals surface area contributed by atoms with Crippen LogP contribution in [0.3, 0.4) is 0 Å². The third-order valence-corrected chi connectivity index (χ3v) is 2.67. The molecule has 0 unspecified atom stereocenters. The highest BCUT2D eigenvalue weighted by Gasteiger charge is 1.96. The predicted molar refractivity (Wildman–Crippen MR) is 65.6 cm³/mol. The molecule has 1 aromatic rings. The second-order valence-electron chi connectivity index (χ2n) is 3.33. The van der Waals surface area contributed by atoms with E-state index < -0.39 is 0 Å². The molecule has 0 heterocycles. The van der Waals surface area contributed by atoms with E-state index in [0.717, 1.165) is 5.75 Å². The van der Waals surface area contributed by atoms with Gasteiger partial charge in [0.1, 0.15) is 0 Å². The molecule has 80 valence electrons. The molecule has 3 heteroatoms. The summed E-state index contributed by atoms with van der Waals surface area (Å²) in [4.78, 5) is 12.7. The number of nitrogens with zero attached hydrogens (tertiary/aromatic N) is 1. The average molecular weight is 221 g/mol. The first kappa shape index (κ1) is 11.9. The number of likely N-dealkylation sites (N-methyl/N-ethyl adjacent to an activating group) is 1. The van der Waals surface area contributed by atoms with Crippen LogP contribution in [-0.2, 0) is 10.5 Å². The Morgan fingerprint density at radius 2 is 2.00 bits per heavy atom. The standard InChI is InChI=1S/C12H15NOS/c1-13(2)12(14)8-9-15-10-11-6-4-3-5-7-11/h3-9H,10H2,1-2H3. The quantitative estimate of drug-likeness (QED) is 0.728. The number of hydrogen-bond donors (Lipinski definition) is 0. The van der Waals surface area contributed by atoms with Crippen molar-refractivity contribution in [3.63, 3.8) is 0 Å². The van der Waals surface area contributed by atoms with Crippen molar-refractivity contribution < 1.29 is 4.79 Å². The van der Waals surface area contributed by atoms with Crippen LogP contribution in [0, 0.1) is 0 Å². The van der Waals surface area contributed by atoms with Gasteiger partial charge < -0.3 is 4.90 Å². The van der Waals surface area contributed by atoms with Gasteiger partial charge in [-0.25, -0.2) is 0 Å². The Morgan fingerprint density at radius 1 is 1.33 bits per heavy atom. The van der Waals surface area contributed by atoms with Gasteiger partial charge in [0.05, 0.1) is 0 Å². The number of rotatable bonds is 4. The lowest BCUT2D eigenvalue weighted by Crippen LogP contribution is -2.18. The average Bonchev–Trinajstić information content (AvgIpc) is 2.25. The molecule has 0 radical (unpaired) electrons. The zero-order valence-corrected chi connectivity index (χ0v) is 9.83. The molecule has 2 nitrogen and oxygen atoms in total. The molecule has 0 saturated heterocycles. The van der Waals surface area contributed by atoms with E-state index in [1.165, 1.54) is 5.56 Å². The third kappa shape index (κ3) is 4.70. The van der Waals surface area contributed by atoms with Crippen LogP contribution in [0.25, 0.3) is 0 Å². The number of thioether (sulfide) groups is 1. The lowest BCUT2D eigenvalue weighted by atomic mass is 10.2. The van der Waals surface area contributed by atoms with Gasteiger partial charge in [0.15, 0.2) is 0 Å². The van der Waals surface area contributed by atoms with Crippen molar-refractivity contribution in [3.8, 4) is 0 Å². The summed E-state index contributed by atoms with van der Waals surface area (Å²) in [6.45, 7) is 0. The molecule has 0 aliphatic heterocycles. The molecule has 0 spiro atoms. The summed E-state index contributed by atoms with van der Waals surface area (Å²) in [7, 11) is 3.49. The normalized spacial score (nSPS) is 10.5. The minimum absolute atomic E-state index is 0.0237. The summed E-state index contributed by atoms with van der Waals surface area (Å²) in [5.41, 5.74) is 1.27. The maximum absolute atomic E-state index is 11.2. The largest absolute Gasteiger partial charge is 0.345 e. The van der Waals surface area contributed by atoms with Crippen molar-refractivity contribution in [2.45, 2.75) is 5.75 Å². The fourth-order valence-corrected chi connectivity index (χ4v) is 1.67. The van der Waals surface area contributed by atoms with E-state index in [0.29, 0.717) is 0 Å². The molecular formula is C12H15NOS. The van der Waals surface area contributed by atoms with Crippen LogP contribution in [0.4, 0.5) is 0 Å². The van der Waals surface area contributed by atoms with Gasteiger partial charge in [-0.05, 0) is 11.0 Å². The van der Waals surface area contributed by atoms with E-state index in [2.05, 4.69) is 12.1 Å². The van der Waals surface area contributed by atoms with E-state index in [1.54, 1.807) is 36.8 Å². The lowest BCUT2D eigenvalue weighted by molar-refractivity contribution is -0.123. The summed E-state index contributed by atoms with van der Waals surface area (Å²) in [5, 5.41) is 1.84. The number of carbonyl (C=O) groups excluding carboxylic acids is 1. The van der Waals surface area contributed by atoms with Crippen molar-refractivity contribution in [1.82, 2.24) is 4.90 Å². The van der Waals surface area contributed by atoms with Crippen LogP contribution in [0.2, 0.25) is 0 Å². The Bertz CT molecular complexity index is 333. The smallest absolute Gasteiger partial charge is 0.246 e. The van der Waals surface area contributed by atoms with E-state index in [4.69, 9.17) is 0 Å². The van der Waals surface area contributed by atoms with Gasteiger partial charge in [0.2, 0.25) is 5.91 Å². The number of hydrogen-bond acceptors (Lipinski definition) is 2. The molecule has 0 saturated carbocycles. The van der Waals surface area contributed by atoms with E-state index >= 15 is 0 Å². The van der Waals surface area contributed by atoms with E-state index in [-0.39, 0.29) is 5.91 Å². The first-order valence-corrected chi connectivity index (χ1v) is 5.78. The van der Waals surface area contributed by atoms with Gasteiger partial charge in [-0.15, -0.1) is 11.8 Å². The van der Waals surface area contributed by atoms with Crippen molar-refractivity contribution in [2.24, 2.45) is 0 Å². The minimum atomic E-state index is 0.0237. The monoisotopic (exact) mass is 221 g/mol. The maximum Gasteiger partial charge on any atom is 0.246 e. The van der Waals surface area contributed by atoms with Gasteiger partial charge in [0, 0.05) is 25.9 Å². The van der Waals surface area contributed by atoms with Crippen LogP contribution >= 0.6 is 11.8 Å². The lowest BCUT2D eigenvalue weighted by Gasteiger charge is -2.04. The second kappa shape index (κ2) is 6.30. The zero-order chi connectivity index (χ0) is 11.1. The van der Waals surface area contributed by atoms with Crippen LogP contribution < -0.4 is 0 Å². The molecule has 1 aromatic carbocycles. The molecule has 0 fully saturated rings. The second-order valence-corrected chi connectivity index (χ2v) is 4.23. The van der Waals surface area contributed by atoms with Crippen molar-refractivity contribution in [3.05, 3.63) is 47.4 Å². The molecule has 0 bridgehead atoms. The molecule has 0 aromatic heterocycles. The molecule has 0 N–H and O–H groups in total. The van der Waals surface area contributed by atoms with E-state index in [1.807, 2.05) is 23.6 Å². The van der Waals surface area contributed by atoms with Gasteiger partial charge >= 0.3 is 0 Å². The fraction of sp³-hybridized carbons (Fsp3) is 0.250. The summed E-state index contributed by atoms with van der Waals surface area (Å²) >= 11 is 1.62. The van der Waals surface area contributed by atoms with Crippen LogP contribution in [0.1, 0.15) is 5.56 Å². The van der Waals surface area contributed by atoms with Crippen LogP contribution in [0.5, 0.6) is 0 Å². The van der Waals surface area contributed by atoms with Crippen molar-refractivity contribution in [1.29, 1.82) is 0 Å². The Balaban J connectivity index is 2.31. The minimum Gasteiger partial charge on any atom is -0.345 e. The van der Waals surface area contributed by atoms with Gasteiger partial charge in [-0.2, -0.15) is 0 Å². The predicted octanol–water partition coefficient (Wildman–Crippen LogP) is 2.52. The Kier molecular flexibility index (Phi) is 4.98. The number of amides is 1. The summed E-state index contributed by atoms with van der Waals surface area (Å²) in [6, 6.07) is 10.2. The van der Waals surface area contributed by atoms with Crippen LogP contribution in [0.15, 0.2) is 41.8 Å². The van der Waals surface area contributed by atoms with Gasteiger partial charge in [0.25, 0.3) is 0 Å². The van der Waals surface area contributed by atoms with Crippen molar-refractivity contribution >= 4 is 17.7 Å². The summed E-state index contributed by atoms with van der Waals surface area (Å²) in [5.74, 6) is 0.925.